The van der Waals surface area contributed by atoms with Crippen LogP contribution in [0.3, 0.4) is 0 Å². The Kier molecular flexibility index (Phi) is 3.71. The van der Waals surface area contributed by atoms with Gasteiger partial charge in [-0.3, -0.25) is 9.59 Å². The number of hydrogen-bond donors (Lipinski definition) is 0. The summed E-state index contributed by atoms with van der Waals surface area (Å²) in [7, 11) is 0. The first-order valence-electron chi connectivity index (χ1n) is 6.32. The maximum Gasteiger partial charge on any atom is 0.161 e. The molecular formula is C17H9N3O2. The summed E-state index contributed by atoms with van der Waals surface area (Å²) >= 11 is 0. The van der Waals surface area contributed by atoms with Crippen LogP contribution in [0.5, 0.6) is 0 Å². The molecule has 0 fully saturated rings. The smallest absolute Gasteiger partial charge is 0.161 e. The van der Waals surface area contributed by atoms with Crippen LogP contribution < -0.4 is 0 Å². The summed E-state index contributed by atoms with van der Waals surface area (Å²) in [5, 5.41) is 28.6. The second-order valence-electron chi connectivity index (χ2n) is 4.68. The van der Waals surface area contributed by atoms with Gasteiger partial charge >= 0.3 is 0 Å². The van der Waals surface area contributed by atoms with Gasteiger partial charge in [-0.2, -0.15) is 15.8 Å². The Hall–Kier alpha value is -3.49. The van der Waals surface area contributed by atoms with Crippen LogP contribution in [0.2, 0.25) is 0 Å². The van der Waals surface area contributed by atoms with Crippen molar-refractivity contribution in [3.8, 4) is 18.2 Å². The molecule has 104 valence electrons. The second-order valence-corrected chi connectivity index (χ2v) is 4.68. The zero-order valence-electron chi connectivity index (χ0n) is 11.9. The van der Waals surface area contributed by atoms with Crippen LogP contribution in [-0.4, -0.2) is 11.6 Å². The topological polar surface area (TPSA) is 106 Å². The van der Waals surface area contributed by atoms with Gasteiger partial charge in [0.25, 0.3) is 0 Å². The summed E-state index contributed by atoms with van der Waals surface area (Å²) in [6.07, 6.45) is 0. The Morgan fingerprint density at radius 3 is 1.91 bits per heavy atom. The number of Topliss-reactive ketones (excluding diaryl/α,β-unsaturated/α-hetero) is 2. The molecule has 0 heterocycles. The summed E-state index contributed by atoms with van der Waals surface area (Å²) in [5.41, 5.74) is -0.0302. The van der Waals surface area contributed by atoms with E-state index in [0.29, 0.717) is 5.39 Å². The van der Waals surface area contributed by atoms with Gasteiger partial charge in [-0.15, -0.1) is 0 Å². The zero-order valence-corrected chi connectivity index (χ0v) is 11.9. The SMILES string of the molecule is CC(=O)c1cccc2c(C#N)c(C#N)c(C#N)c(C(C)=O)c12. The number of carbonyl (C=O) groups is 2. The molecule has 2 rings (SSSR count). The number of nitrogens with zero attached hydrogens (tertiary/aromatic N) is 3. The third-order valence-electron chi connectivity index (χ3n) is 3.40. The third kappa shape index (κ3) is 2.00. The van der Waals surface area contributed by atoms with Crippen molar-refractivity contribution in [2.45, 2.75) is 13.8 Å². The van der Waals surface area contributed by atoms with Gasteiger partial charge in [0.2, 0.25) is 0 Å². The molecule has 0 atom stereocenters. The van der Waals surface area contributed by atoms with E-state index in [1.807, 2.05) is 18.2 Å². The van der Waals surface area contributed by atoms with Crippen molar-refractivity contribution in [3.05, 3.63) is 46.0 Å². The first kappa shape index (κ1) is 14.9. The molecule has 0 N–H and O–H groups in total. The predicted octanol–water partition coefficient (Wildman–Crippen LogP) is 2.86. The molecule has 0 radical (unpaired) electrons. The fourth-order valence-corrected chi connectivity index (χ4v) is 2.52. The first-order valence-corrected chi connectivity index (χ1v) is 6.32. The van der Waals surface area contributed by atoms with Gasteiger partial charge in [0.05, 0.1) is 16.7 Å². The minimum atomic E-state index is -0.434. The molecule has 5 nitrogen and oxygen atoms in total. The van der Waals surface area contributed by atoms with Gasteiger partial charge in [-0.05, 0) is 13.8 Å². The molecule has 0 aliphatic heterocycles. The van der Waals surface area contributed by atoms with Crippen LogP contribution in [0.1, 0.15) is 51.3 Å². The average molecular weight is 287 g/mol. The van der Waals surface area contributed by atoms with E-state index in [0.717, 1.165) is 0 Å². The minimum Gasteiger partial charge on any atom is -0.294 e. The molecule has 2 aromatic rings. The molecular weight excluding hydrogens is 278 g/mol. The van der Waals surface area contributed by atoms with Crippen molar-refractivity contribution in [3.63, 3.8) is 0 Å². The molecule has 0 aromatic heterocycles. The van der Waals surface area contributed by atoms with E-state index in [4.69, 9.17) is 0 Å². The average Bonchev–Trinajstić information content (AvgIpc) is 2.50. The van der Waals surface area contributed by atoms with E-state index in [1.54, 1.807) is 12.1 Å². The molecule has 0 aliphatic carbocycles. The largest absolute Gasteiger partial charge is 0.294 e. The van der Waals surface area contributed by atoms with Gasteiger partial charge in [-0.25, -0.2) is 0 Å². The first-order chi connectivity index (χ1) is 10.5. The summed E-state index contributed by atoms with van der Waals surface area (Å²) in [6, 6.07) is 10.2. The van der Waals surface area contributed by atoms with Crippen molar-refractivity contribution in [1.82, 2.24) is 0 Å². The molecule has 0 amide bonds. The Labute approximate surface area is 126 Å². The molecule has 0 unspecified atom stereocenters. The van der Waals surface area contributed by atoms with Crippen LogP contribution in [0.15, 0.2) is 18.2 Å². The lowest BCUT2D eigenvalue weighted by Gasteiger charge is -2.13. The molecule has 2 aromatic carbocycles. The van der Waals surface area contributed by atoms with Crippen LogP contribution in [0.4, 0.5) is 0 Å². The summed E-state index contributed by atoms with van der Waals surface area (Å²) < 4.78 is 0. The van der Waals surface area contributed by atoms with E-state index in [2.05, 4.69) is 0 Å². The van der Waals surface area contributed by atoms with Gasteiger partial charge in [-0.1, -0.05) is 18.2 Å². The Balaban J connectivity index is 3.31. The second kappa shape index (κ2) is 5.48. The third-order valence-corrected chi connectivity index (χ3v) is 3.40. The highest BCUT2D eigenvalue weighted by Gasteiger charge is 2.24. The number of nitriles is 3. The lowest BCUT2D eigenvalue weighted by molar-refractivity contribution is 0.101. The van der Waals surface area contributed by atoms with Crippen molar-refractivity contribution >= 4 is 22.3 Å². The monoisotopic (exact) mass is 287 g/mol. The number of carbonyl (C=O) groups excluding carboxylic acids is 2. The number of ketones is 2. The lowest BCUT2D eigenvalue weighted by Crippen LogP contribution is -2.07. The van der Waals surface area contributed by atoms with E-state index in [-0.39, 0.29) is 39.0 Å². The molecule has 0 saturated heterocycles. The minimum absolute atomic E-state index is 0.00199. The van der Waals surface area contributed by atoms with E-state index in [9.17, 15) is 25.4 Å². The molecule has 0 aliphatic rings. The quantitative estimate of drug-likeness (QED) is 0.789. The zero-order chi connectivity index (χ0) is 16.4. The Bertz CT molecular complexity index is 967. The van der Waals surface area contributed by atoms with Crippen molar-refractivity contribution in [2.75, 3.05) is 0 Å². The molecule has 0 bridgehead atoms. The van der Waals surface area contributed by atoms with Gasteiger partial charge < -0.3 is 0 Å². The Morgan fingerprint density at radius 2 is 1.45 bits per heavy atom. The van der Waals surface area contributed by atoms with Crippen LogP contribution in [-0.2, 0) is 0 Å². The van der Waals surface area contributed by atoms with Crippen molar-refractivity contribution in [2.24, 2.45) is 0 Å². The van der Waals surface area contributed by atoms with Gasteiger partial charge in [0.1, 0.15) is 18.2 Å². The maximum absolute atomic E-state index is 12.0. The van der Waals surface area contributed by atoms with Gasteiger partial charge in [0.15, 0.2) is 11.6 Å². The maximum atomic E-state index is 12.0. The molecule has 5 heteroatoms. The highest BCUT2D eigenvalue weighted by atomic mass is 16.1. The van der Waals surface area contributed by atoms with E-state index in [1.165, 1.54) is 19.9 Å². The van der Waals surface area contributed by atoms with Crippen LogP contribution >= 0.6 is 0 Å². The van der Waals surface area contributed by atoms with Crippen molar-refractivity contribution in [1.29, 1.82) is 15.8 Å². The summed E-state index contributed by atoms with van der Waals surface area (Å²) in [5.74, 6) is -0.721. The number of benzene rings is 2. The van der Waals surface area contributed by atoms with E-state index >= 15 is 0 Å². The van der Waals surface area contributed by atoms with E-state index < -0.39 is 5.78 Å². The van der Waals surface area contributed by atoms with Crippen LogP contribution in [0, 0.1) is 34.0 Å². The molecule has 0 spiro atoms. The number of rotatable bonds is 2. The fourth-order valence-electron chi connectivity index (χ4n) is 2.52. The number of fused-ring (bicyclic) bond motifs is 1. The molecule has 22 heavy (non-hydrogen) atoms. The molecule has 0 saturated carbocycles. The normalized spacial score (nSPS) is 9.59. The van der Waals surface area contributed by atoms with Crippen LogP contribution in [0.25, 0.3) is 10.8 Å². The highest BCUT2D eigenvalue weighted by molar-refractivity contribution is 6.18. The Morgan fingerprint density at radius 1 is 0.864 bits per heavy atom. The lowest BCUT2D eigenvalue weighted by atomic mass is 9.86. The van der Waals surface area contributed by atoms with Gasteiger partial charge in [0, 0.05) is 21.9 Å². The fraction of sp³-hybridized carbons (Fsp3) is 0.118. The van der Waals surface area contributed by atoms with Crippen molar-refractivity contribution < 1.29 is 9.59 Å². The summed E-state index contributed by atoms with van der Waals surface area (Å²) in [4.78, 5) is 23.9. The number of hydrogen-bond acceptors (Lipinski definition) is 5. The predicted molar refractivity (Wildman–Crippen MR) is 78.1 cm³/mol. The standard InChI is InChI=1S/C17H9N3O2/c1-9(21)11-4-3-5-12-13(6-18)14(7-19)15(8-20)16(10(2)22)17(11)12/h3-5H,1-2H3. The summed E-state index contributed by atoms with van der Waals surface area (Å²) in [6.45, 7) is 2.61. The highest BCUT2D eigenvalue weighted by Crippen LogP contribution is 2.32.